The molecule has 1 saturated heterocycles. The molecule has 2 heterocycles. The highest BCUT2D eigenvalue weighted by Crippen LogP contribution is 2.41. The van der Waals surface area contributed by atoms with E-state index in [1.165, 1.54) is 18.9 Å². The fourth-order valence-corrected chi connectivity index (χ4v) is 3.31. The first-order valence-electron chi connectivity index (χ1n) is 9.35. The molecule has 2 aliphatic carbocycles. The molecule has 10 heteroatoms. The molecule has 4 amide bonds. The Bertz CT molecular complexity index is 854. The van der Waals surface area contributed by atoms with Crippen molar-refractivity contribution in [2.24, 2.45) is 11.8 Å². The van der Waals surface area contributed by atoms with Gasteiger partial charge in [0.15, 0.2) is 0 Å². The third kappa shape index (κ3) is 3.62. The molecule has 148 valence electrons. The summed E-state index contributed by atoms with van der Waals surface area (Å²) in [5.74, 6) is -0.290. The fraction of sp³-hybridized carbons (Fsp3) is 0.500. The second-order valence-electron chi connectivity index (χ2n) is 7.51. The van der Waals surface area contributed by atoms with E-state index in [0.717, 1.165) is 25.6 Å². The van der Waals surface area contributed by atoms with Gasteiger partial charge in [-0.15, -0.1) is 0 Å². The van der Waals surface area contributed by atoms with Crippen LogP contribution in [-0.2, 0) is 4.79 Å². The summed E-state index contributed by atoms with van der Waals surface area (Å²) in [5.41, 5.74) is -0.241. The van der Waals surface area contributed by atoms with Gasteiger partial charge in [-0.3, -0.25) is 14.9 Å². The molecule has 1 aliphatic heterocycles. The normalized spacial score (nSPS) is 24.5. The van der Waals surface area contributed by atoms with E-state index in [-0.39, 0.29) is 18.2 Å². The van der Waals surface area contributed by atoms with Gasteiger partial charge in [0.1, 0.15) is 11.2 Å². The molecule has 5 N–H and O–H groups in total. The number of nitrogens with zero attached hydrogens (tertiary/aromatic N) is 1. The predicted molar refractivity (Wildman–Crippen MR) is 98.5 cm³/mol. The molecule has 3 aliphatic rings. The van der Waals surface area contributed by atoms with Crippen molar-refractivity contribution < 1.29 is 18.9 Å². The molecular formula is C18H22N6O4. The van der Waals surface area contributed by atoms with Crippen LogP contribution in [0.1, 0.15) is 41.9 Å². The summed E-state index contributed by atoms with van der Waals surface area (Å²) in [7, 11) is 0. The van der Waals surface area contributed by atoms with Crippen LogP contribution in [0.2, 0.25) is 0 Å². The molecule has 0 spiro atoms. The minimum atomic E-state index is -1.11. The standard InChI is InChI=1S/C18H22N6O4/c19-6-11(8-20-7-10-1-2-10)13-5-14(28-24-13)15(25)21-9-18(12-3-4-12)16(26)22-17(27)23-18/h5-6,8,10,12,19-20H,1-4,7,9H2,(H,21,25)(H2,22,23,26,27)/b11-8+,19-6?/t18-/m0/s1. The van der Waals surface area contributed by atoms with Gasteiger partial charge in [-0.05, 0) is 37.5 Å². The van der Waals surface area contributed by atoms with E-state index in [1.807, 2.05) is 0 Å². The monoisotopic (exact) mass is 386 g/mol. The zero-order chi connectivity index (χ0) is 19.7. The van der Waals surface area contributed by atoms with Crippen LogP contribution in [0.25, 0.3) is 5.57 Å². The van der Waals surface area contributed by atoms with Crippen molar-refractivity contribution in [2.75, 3.05) is 13.1 Å². The van der Waals surface area contributed by atoms with Gasteiger partial charge in [-0.1, -0.05) is 5.16 Å². The van der Waals surface area contributed by atoms with Gasteiger partial charge < -0.3 is 25.9 Å². The van der Waals surface area contributed by atoms with Gasteiger partial charge in [0.2, 0.25) is 5.76 Å². The van der Waals surface area contributed by atoms with Gasteiger partial charge in [0.25, 0.3) is 11.8 Å². The maximum absolute atomic E-state index is 12.4. The summed E-state index contributed by atoms with van der Waals surface area (Å²) in [6.45, 7) is 0.819. The van der Waals surface area contributed by atoms with E-state index in [0.29, 0.717) is 17.2 Å². The first-order valence-corrected chi connectivity index (χ1v) is 9.35. The zero-order valence-electron chi connectivity index (χ0n) is 15.2. The Morgan fingerprint density at radius 3 is 2.75 bits per heavy atom. The fourth-order valence-electron chi connectivity index (χ4n) is 3.31. The third-order valence-corrected chi connectivity index (χ3v) is 5.32. The quantitative estimate of drug-likeness (QED) is 0.306. The lowest BCUT2D eigenvalue weighted by Gasteiger charge is -2.25. The molecule has 3 fully saturated rings. The van der Waals surface area contributed by atoms with E-state index in [4.69, 9.17) is 9.93 Å². The highest BCUT2D eigenvalue weighted by molar-refractivity contribution is 6.09. The smallest absolute Gasteiger partial charge is 0.322 e. The Hall–Kier alpha value is -3.17. The van der Waals surface area contributed by atoms with Crippen LogP contribution >= 0.6 is 0 Å². The van der Waals surface area contributed by atoms with Crippen LogP contribution in [0, 0.1) is 17.2 Å². The molecule has 1 aromatic heterocycles. The van der Waals surface area contributed by atoms with Crippen molar-refractivity contribution in [1.29, 1.82) is 5.41 Å². The van der Waals surface area contributed by atoms with Crippen LogP contribution in [-0.4, -0.2) is 47.8 Å². The topological polar surface area (TPSA) is 149 Å². The highest BCUT2D eigenvalue weighted by Gasteiger charge is 2.56. The Kier molecular flexibility index (Phi) is 4.62. The SMILES string of the molecule is N=C/C(=C\NCC1CC1)c1cc(C(=O)NC[C@@]2(C3CC3)NC(=O)NC2=O)on1. The molecule has 4 rings (SSSR count). The number of urea groups is 1. The number of carbonyl (C=O) groups excluding carboxylic acids is 3. The molecule has 0 bridgehead atoms. The number of allylic oxidation sites excluding steroid dienone is 1. The van der Waals surface area contributed by atoms with Crippen LogP contribution in [0.5, 0.6) is 0 Å². The second kappa shape index (κ2) is 7.10. The predicted octanol–water partition coefficient (Wildman–Crippen LogP) is 0.383. The minimum Gasteiger partial charge on any atom is -0.390 e. The van der Waals surface area contributed by atoms with Crippen molar-refractivity contribution in [2.45, 2.75) is 31.2 Å². The van der Waals surface area contributed by atoms with E-state index < -0.39 is 23.4 Å². The van der Waals surface area contributed by atoms with Crippen LogP contribution in [0.15, 0.2) is 16.8 Å². The van der Waals surface area contributed by atoms with Crippen molar-refractivity contribution >= 4 is 29.6 Å². The van der Waals surface area contributed by atoms with Gasteiger partial charge in [-0.2, -0.15) is 0 Å². The Morgan fingerprint density at radius 1 is 1.36 bits per heavy atom. The second-order valence-corrected chi connectivity index (χ2v) is 7.51. The number of amides is 4. The number of nitrogens with one attached hydrogen (secondary N) is 5. The molecule has 1 atom stereocenters. The van der Waals surface area contributed by atoms with Crippen molar-refractivity contribution in [3.8, 4) is 0 Å². The summed E-state index contributed by atoms with van der Waals surface area (Å²) >= 11 is 0. The van der Waals surface area contributed by atoms with Gasteiger partial charge in [-0.25, -0.2) is 4.79 Å². The average molecular weight is 386 g/mol. The Labute approximate surface area is 161 Å². The van der Waals surface area contributed by atoms with E-state index in [2.05, 4.69) is 26.4 Å². The maximum atomic E-state index is 12.4. The molecule has 0 unspecified atom stereocenters. The van der Waals surface area contributed by atoms with E-state index >= 15 is 0 Å². The number of hydrogen-bond acceptors (Lipinski definition) is 7. The number of aromatic nitrogens is 1. The number of rotatable bonds is 9. The van der Waals surface area contributed by atoms with Crippen LogP contribution < -0.4 is 21.3 Å². The summed E-state index contributed by atoms with van der Waals surface area (Å²) in [4.78, 5) is 36.2. The van der Waals surface area contributed by atoms with E-state index in [1.54, 1.807) is 6.20 Å². The van der Waals surface area contributed by atoms with Crippen LogP contribution in [0.4, 0.5) is 4.79 Å². The van der Waals surface area contributed by atoms with E-state index in [9.17, 15) is 14.4 Å². The lowest BCUT2D eigenvalue weighted by molar-refractivity contribution is -0.124. The van der Waals surface area contributed by atoms with Gasteiger partial charge in [0.05, 0.1) is 6.54 Å². The molecule has 0 radical (unpaired) electrons. The number of imide groups is 1. The lowest BCUT2D eigenvalue weighted by Crippen LogP contribution is -2.57. The molecule has 10 nitrogen and oxygen atoms in total. The number of carbonyl (C=O) groups is 3. The first kappa shape index (κ1) is 18.2. The molecule has 0 aromatic carbocycles. The molecule has 2 saturated carbocycles. The average Bonchev–Trinajstić information content (AvgIpc) is 3.60. The van der Waals surface area contributed by atoms with Crippen molar-refractivity contribution in [3.05, 3.63) is 23.7 Å². The molecule has 28 heavy (non-hydrogen) atoms. The summed E-state index contributed by atoms with van der Waals surface area (Å²) < 4.78 is 5.10. The number of hydrogen-bond donors (Lipinski definition) is 5. The summed E-state index contributed by atoms with van der Waals surface area (Å²) in [6, 6.07) is 0.898. The largest absolute Gasteiger partial charge is 0.390 e. The highest BCUT2D eigenvalue weighted by atomic mass is 16.5. The summed E-state index contributed by atoms with van der Waals surface area (Å²) in [5, 5.41) is 22.1. The molecule has 1 aromatic rings. The molecular weight excluding hydrogens is 364 g/mol. The first-order chi connectivity index (χ1) is 13.5. The Morgan fingerprint density at radius 2 is 2.14 bits per heavy atom. The summed E-state index contributed by atoms with van der Waals surface area (Å²) in [6.07, 6.45) is 6.89. The third-order valence-electron chi connectivity index (χ3n) is 5.32. The Balaban J connectivity index is 1.39. The maximum Gasteiger partial charge on any atom is 0.322 e. The van der Waals surface area contributed by atoms with Crippen LogP contribution in [0.3, 0.4) is 0 Å². The minimum absolute atomic E-state index is 0.00882. The van der Waals surface area contributed by atoms with Gasteiger partial charge in [0, 0.05) is 30.6 Å². The van der Waals surface area contributed by atoms with Gasteiger partial charge >= 0.3 is 6.03 Å². The zero-order valence-corrected chi connectivity index (χ0v) is 15.2. The van der Waals surface area contributed by atoms with Crippen molar-refractivity contribution in [3.63, 3.8) is 0 Å². The van der Waals surface area contributed by atoms with Crippen molar-refractivity contribution in [1.82, 2.24) is 26.4 Å². The lowest BCUT2D eigenvalue weighted by atomic mass is 9.93.